The first-order valence-electron chi connectivity index (χ1n) is 10.6. The molecule has 0 amide bonds. The highest BCUT2D eigenvalue weighted by molar-refractivity contribution is 5.88. The van der Waals surface area contributed by atoms with E-state index in [1.807, 2.05) is 73.7 Å². The van der Waals surface area contributed by atoms with Gasteiger partial charge in [0.05, 0.1) is 5.52 Å². The molecule has 2 aromatic carbocycles. The lowest BCUT2D eigenvalue weighted by atomic mass is 10.2. The van der Waals surface area contributed by atoms with Crippen LogP contribution in [0.2, 0.25) is 0 Å². The van der Waals surface area contributed by atoms with Gasteiger partial charge in [-0.05, 0) is 49.2 Å². The van der Waals surface area contributed by atoms with Crippen LogP contribution < -0.4 is 10.6 Å². The zero-order valence-corrected chi connectivity index (χ0v) is 17.8. The highest BCUT2D eigenvalue weighted by Gasteiger charge is 2.11. The summed E-state index contributed by atoms with van der Waals surface area (Å²) in [6.07, 6.45) is 3.93. The molecule has 6 heteroatoms. The zero-order valence-electron chi connectivity index (χ0n) is 17.8. The Morgan fingerprint density at radius 3 is 2.61 bits per heavy atom. The minimum absolute atomic E-state index is 0.726. The molecule has 6 nitrogen and oxygen atoms in total. The maximum atomic E-state index is 4.78. The molecule has 4 aromatic rings. The number of hydrogen-bond donors (Lipinski definition) is 2. The molecule has 2 N–H and O–H groups in total. The van der Waals surface area contributed by atoms with Crippen molar-refractivity contribution < 1.29 is 0 Å². The largest absolute Gasteiger partial charge is 0.368 e. The Labute approximate surface area is 182 Å². The van der Waals surface area contributed by atoms with Gasteiger partial charge in [-0.2, -0.15) is 0 Å². The van der Waals surface area contributed by atoms with Crippen LogP contribution in [0.4, 0.5) is 28.7 Å². The number of fused-ring (bicyclic) bond motifs is 1. The molecule has 2 heterocycles. The van der Waals surface area contributed by atoms with Gasteiger partial charge in [0.15, 0.2) is 5.82 Å². The SMILES string of the molecule is CCCCNc1nc(Nc2ccccc2)cc(C)c1N=Nc1cccc2cccnc12. The first-order chi connectivity index (χ1) is 15.2. The van der Waals surface area contributed by atoms with Crippen molar-refractivity contribution >= 4 is 39.6 Å². The van der Waals surface area contributed by atoms with Crippen molar-refractivity contribution in [3.8, 4) is 0 Å². The molecule has 0 aliphatic heterocycles. The Morgan fingerprint density at radius 2 is 1.77 bits per heavy atom. The summed E-state index contributed by atoms with van der Waals surface area (Å²) in [5.41, 5.74) is 4.29. The summed E-state index contributed by atoms with van der Waals surface area (Å²) in [6.45, 7) is 5.02. The lowest BCUT2D eigenvalue weighted by molar-refractivity contribution is 0.831. The van der Waals surface area contributed by atoms with Crippen LogP contribution >= 0.6 is 0 Å². The van der Waals surface area contributed by atoms with E-state index in [4.69, 9.17) is 4.98 Å². The summed E-state index contributed by atoms with van der Waals surface area (Å²) in [4.78, 5) is 9.25. The molecule has 0 fully saturated rings. The number of aromatic nitrogens is 2. The second kappa shape index (κ2) is 9.80. The van der Waals surface area contributed by atoms with Crippen LogP contribution in [0.3, 0.4) is 0 Å². The molecule has 4 rings (SSSR count). The van der Waals surface area contributed by atoms with Crippen molar-refractivity contribution in [2.45, 2.75) is 26.7 Å². The van der Waals surface area contributed by atoms with E-state index >= 15 is 0 Å². The topological polar surface area (TPSA) is 74.6 Å². The number of rotatable bonds is 8. The van der Waals surface area contributed by atoms with E-state index < -0.39 is 0 Å². The second-order valence-electron chi connectivity index (χ2n) is 7.35. The lowest BCUT2D eigenvalue weighted by Gasteiger charge is -2.13. The highest BCUT2D eigenvalue weighted by atomic mass is 15.2. The van der Waals surface area contributed by atoms with E-state index in [1.54, 1.807) is 6.20 Å². The minimum atomic E-state index is 0.726. The Bertz CT molecular complexity index is 1180. The van der Waals surface area contributed by atoms with Crippen LogP contribution in [-0.2, 0) is 0 Å². The maximum absolute atomic E-state index is 4.78. The van der Waals surface area contributed by atoms with Crippen molar-refractivity contribution in [2.24, 2.45) is 10.2 Å². The first-order valence-corrected chi connectivity index (χ1v) is 10.6. The smallest absolute Gasteiger partial charge is 0.156 e. The molecule has 0 radical (unpaired) electrons. The van der Waals surface area contributed by atoms with Gasteiger partial charge in [0.25, 0.3) is 0 Å². The molecule has 156 valence electrons. The number of para-hydroxylation sites is 2. The van der Waals surface area contributed by atoms with Crippen LogP contribution in [0.1, 0.15) is 25.3 Å². The van der Waals surface area contributed by atoms with Gasteiger partial charge >= 0.3 is 0 Å². The normalized spacial score (nSPS) is 11.2. The van der Waals surface area contributed by atoms with E-state index in [2.05, 4.69) is 32.8 Å². The van der Waals surface area contributed by atoms with Gasteiger partial charge in [0, 0.05) is 23.8 Å². The predicted octanol–water partition coefficient (Wildman–Crippen LogP) is 7.31. The van der Waals surface area contributed by atoms with Gasteiger partial charge in [-0.3, -0.25) is 4.98 Å². The van der Waals surface area contributed by atoms with Crippen molar-refractivity contribution in [3.05, 3.63) is 78.5 Å². The van der Waals surface area contributed by atoms with E-state index in [1.165, 1.54) is 0 Å². The number of nitrogens with one attached hydrogen (secondary N) is 2. The fourth-order valence-corrected chi connectivity index (χ4v) is 3.30. The van der Waals surface area contributed by atoms with E-state index in [9.17, 15) is 0 Å². The van der Waals surface area contributed by atoms with Crippen LogP contribution in [-0.4, -0.2) is 16.5 Å². The summed E-state index contributed by atoms with van der Waals surface area (Å²) < 4.78 is 0. The monoisotopic (exact) mass is 410 g/mol. The summed E-state index contributed by atoms with van der Waals surface area (Å²) in [5, 5.41) is 17.0. The molecule has 0 saturated heterocycles. The summed E-state index contributed by atoms with van der Waals surface area (Å²) in [6, 6.07) is 21.9. The Hall–Kier alpha value is -3.80. The molecule has 0 aliphatic rings. The average molecular weight is 411 g/mol. The number of benzene rings is 2. The molecule has 0 unspecified atom stereocenters. The third-order valence-electron chi connectivity index (χ3n) is 4.92. The number of azo groups is 1. The standard InChI is InChI=1S/C25H26N6/c1-3-4-15-27-25-23(18(2)17-22(29-25)28-20-12-6-5-7-13-20)31-30-21-14-8-10-19-11-9-16-26-24(19)21/h5-14,16-17H,3-4,15H2,1-2H3,(H2,27,28,29). The van der Waals surface area contributed by atoms with Crippen LogP contribution in [0.15, 0.2) is 83.2 Å². The maximum Gasteiger partial charge on any atom is 0.156 e. The van der Waals surface area contributed by atoms with E-state index in [0.717, 1.165) is 64.6 Å². The van der Waals surface area contributed by atoms with Crippen molar-refractivity contribution in [1.82, 2.24) is 9.97 Å². The predicted molar refractivity (Wildman–Crippen MR) is 128 cm³/mol. The Morgan fingerprint density at radius 1 is 0.935 bits per heavy atom. The van der Waals surface area contributed by atoms with Gasteiger partial charge in [-0.1, -0.05) is 49.7 Å². The van der Waals surface area contributed by atoms with E-state index in [-0.39, 0.29) is 0 Å². The summed E-state index contributed by atoms with van der Waals surface area (Å²) in [5.74, 6) is 1.50. The zero-order chi connectivity index (χ0) is 21.5. The fourth-order valence-electron chi connectivity index (χ4n) is 3.30. The van der Waals surface area contributed by atoms with E-state index in [0.29, 0.717) is 0 Å². The third-order valence-corrected chi connectivity index (χ3v) is 4.92. The number of unbranched alkanes of at least 4 members (excludes halogenated alkanes) is 1. The van der Waals surface area contributed by atoms with Gasteiger partial charge in [0.1, 0.15) is 17.2 Å². The quantitative estimate of drug-likeness (QED) is 0.236. The number of aryl methyl sites for hydroxylation is 1. The summed E-state index contributed by atoms with van der Waals surface area (Å²) >= 11 is 0. The van der Waals surface area contributed by atoms with Crippen LogP contribution in [0.25, 0.3) is 10.9 Å². The van der Waals surface area contributed by atoms with Gasteiger partial charge in [0.2, 0.25) is 0 Å². The van der Waals surface area contributed by atoms with Gasteiger partial charge < -0.3 is 10.6 Å². The molecule has 0 atom stereocenters. The molecule has 0 bridgehead atoms. The summed E-state index contributed by atoms with van der Waals surface area (Å²) in [7, 11) is 0. The second-order valence-corrected chi connectivity index (χ2v) is 7.35. The van der Waals surface area contributed by atoms with Crippen molar-refractivity contribution in [2.75, 3.05) is 17.2 Å². The molecule has 2 aromatic heterocycles. The third kappa shape index (κ3) is 5.04. The van der Waals surface area contributed by atoms with Crippen molar-refractivity contribution in [1.29, 1.82) is 0 Å². The first kappa shape index (κ1) is 20.5. The van der Waals surface area contributed by atoms with Gasteiger partial charge in [-0.15, -0.1) is 10.2 Å². The van der Waals surface area contributed by atoms with Crippen LogP contribution in [0.5, 0.6) is 0 Å². The number of anilines is 3. The Kier molecular flexibility index (Phi) is 6.47. The van der Waals surface area contributed by atoms with Gasteiger partial charge in [-0.25, -0.2) is 4.98 Å². The molecule has 31 heavy (non-hydrogen) atoms. The fraction of sp³-hybridized carbons (Fsp3) is 0.200. The minimum Gasteiger partial charge on any atom is -0.368 e. The molecule has 0 saturated carbocycles. The van der Waals surface area contributed by atoms with Crippen LogP contribution in [0, 0.1) is 6.92 Å². The Balaban J connectivity index is 1.68. The lowest BCUT2D eigenvalue weighted by Crippen LogP contribution is -2.05. The highest BCUT2D eigenvalue weighted by Crippen LogP contribution is 2.33. The molecule has 0 spiro atoms. The number of pyridine rings is 2. The molecular formula is C25H26N6. The number of hydrogen-bond acceptors (Lipinski definition) is 6. The number of nitrogens with zero attached hydrogens (tertiary/aromatic N) is 4. The average Bonchev–Trinajstić information content (AvgIpc) is 2.79. The molecule has 0 aliphatic carbocycles. The van der Waals surface area contributed by atoms with Crippen molar-refractivity contribution in [3.63, 3.8) is 0 Å². The molecular weight excluding hydrogens is 384 g/mol.